The maximum Gasteiger partial charge on any atom is 0.282 e. The SMILES string of the molecule is CCOc1cccc(/C=C2/C(=N)N3OC(C)=CC3=NC2=O)c1. The Bertz CT molecular complexity index is 747. The molecule has 0 atom stereocenters. The first-order chi connectivity index (χ1) is 10.6. The fourth-order valence-electron chi connectivity index (χ4n) is 2.23. The molecule has 2 heterocycles. The molecule has 22 heavy (non-hydrogen) atoms. The van der Waals surface area contributed by atoms with Crippen molar-refractivity contribution in [3.8, 4) is 5.75 Å². The molecule has 6 heteroatoms. The Balaban J connectivity index is 1.94. The van der Waals surface area contributed by atoms with E-state index in [9.17, 15) is 4.79 Å². The number of amides is 1. The summed E-state index contributed by atoms with van der Waals surface area (Å²) in [5.74, 6) is 1.17. The normalized spacial score (nSPS) is 18.8. The molecule has 2 aliphatic heterocycles. The highest BCUT2D eigenvalue weighted by atomic mass is 16.7. The highest BCUT2D eigenvalue weighted by Crippen LogP contribution is 2.24. The molecule has 0 radical (unpaired) electrons. The van der Waals surface area contributed by atoms with E-state index in [0.29, 0.717) is 24.0 Å². The van der Waals surface area contributed by atoms with Gasteiger partial charge < -0.3 is 9.57 Å². The number of fused-ring (bicyclic) bond motifs is 1. The van der Waals surface area contributed by atoms with Crippen LogP contribution >= 0.6 is 0 Å². The smallest absolute Gasteiger partial charge is 0.282 e. The lowest BCUT2D eigenvalue weighted by Crippen LogP contribution is -2.38. The molecule has 0 spiro atoms. The molecule has 0 unspecified atom stereocenters. The van der Waals surface area contributed by atoms with Crippen LogP contribution in [-0.4, -0.2) is 29.2 Å². The van der Waals surface area contributed by atoms with E-state index in [0.717, 1.165) is 5.56 Å². The lowest BCUT2D eigenvalue weighted by atomic mass is 10.1. The van der Waals surface area contributed by atoms with Gasteiger partial charge in [0.25, 0.3) is 5.91 Å². The predicted molar refractivity (Wildman–Crippen MR) is 82.4 cm³/mol. The summed E-state index contributed by atoms with van der Waals surface area (Å²) in [5.41, 5.74) is 0.946. The van der Waals surface area contributed by atoms with Crippen LogP contribution in [0, 0.1) is 5.41 Å². The van der Waals surface area contributed by atoms with E-state index in [4.69, 9.17) is 15.0 Å². The van der Waals surface area contributed by atoms with Gasteiger partial charge in [0.2, 0.25) is 0 Å². The van der Waals surface area contributed by atoms with Crippen LogP contribution in [0.4, 0.5) is 0 Å². The van der Waals surface area contributed by atoms with Gasteiger partial charge in [0, 0.05) is 6.08 Å². The van der Waals surface area contributed by atoms with Gasteiger partial charge in [-0.1, -0.05) is 12.1 Å². The lowest BCUT2D eigenvalue weighted by Gasteiger charge is -2.22. The fraction of sp³-hybridized carbons (Fsp3) is 0.188. The number of rotatable bonds is 3. The summed E-state index contributed by atoms with van der Waals surface area (Å²) in [7, 11) is 0. The molecule has 6 nitrogen and oxygen atoms in total. The van der Waals surface area contributed by atoms with E-state index < -0.39 is 5.91 Å². The zero-order chi connectivity index (χ0) is 15.7. The molecule has 1 N–H and O–H groups in total. The number of carbonyl (C=O) groups excluding carboxylic acids is 1. The van der Waals surface area contributed by atoms with Crippen molar-refractivity contribution < 1.29 is 14.4 Å². The molecule has 1 amide bonds. The van der Waals surface area contributed by atoms with Gasteiger partial charge in [-0.05, 0) is 37.6 Å². The van der Waals surface area contributed by atoms with E-state index in [-0.39, 0.29) is 11.4 Å². The Labute approximate surface area is 127 Å². The van der Waals surface area contributed by atoms with Crippen molar-refractivity contribution >= 4 is 23.7 Å². The van der Waals surface area contributed by atoms with Crippen molar-refractivity contribution in [2.45, 2.75) is 13.8 Å². The predicted octanol–water partition coefficient (Wildman–Crippen LogP) is 2.54. The fourth-order valence-corrected chi connectivity index (χ4v) is 2.23. The molecule has 3 rings (SSSR count). The van der Waals surface area contributed by atoms with Crippen LogP contribution in [0.15, 0.2) is 46.7 Å². The Morgan fingerprint density at radius 2 is 2.27 bits per heavy atom. The molecule has 2 aliphatic rings. The second-order valence-electron chi connectivity index (χ2n) is 4.83. The lowest BCUT2D eigenvalue weighted by molar-refractivity contribution is -0.114. The summed E-state index contributed by atoms with van der Waals surface area (Å²) in [6.07, 6.45) is 3.24. The van der Waals surface area contributed by atoms with Gasteiger partial charge in [0.05, 0.1) is 12.2 Å². The summed E-state index contributed by atoms with van der Waals surface area (Å²) in [6, 6.07) is 7.32. The number of nitrogens with zero attached hydrogens (tertiary/aromatic N) is 2. The number of benzene rings is 1. The van der Waals surface area contributed by atoms with Crippen molar-refractivity contribution in [1.29, 1.82) is 5.41 Å². The third-order valence-corrected chi connectivity index (χ3v) is 3.16. The monoisotopic (exact) mass is 297 g/mol. The van der Waals surface area contributed by atoms with Crippen LogP contribution in [0.3, 0.4) is 0 Å². The van der Waals surface area contributed by atoms with E-state index in [1.165, 1.54) is 5.06 Å². The Morgan fingerprint density at radius 3 is 3.05 bits per heavy atom. The number of ether oxygens (including phenoxy) is 1. The van der Waals surface area contributed by atoms with Crippen molar-refractivity contribution in [3.63, 3.8) is 0 Å². The van der Waals surface area contributed by atoms with Crippen LogP contribution in [-0.2, 0) is 9.63 Å². The van der Waals surface area contributed by atoms with Crippen LogP contribution < -0.4 is 4.74 Å². The van der Waals surface area contributed by atoms with Gasteiger partial charge >= 0.3 is 0 Å². The van der Waals surface area contributed by atoms with Crippen LogP contribution in [0.1, 0.15) is 19.4 Å². The molecule has 0 saturated heterocycles. The van der Waals surface area contributed by atoms with Crippen molar-refractivity contribution in [2.24, 2.45) is 4.99 Å². The van der Waals surface area contributed by atoms with Crippen molar-refractivity contribution in [2.75, 3.05) is 6.61 Å². The molecular formula is C16H15N3O3. The highest BCUT2D eigenvalue weighted by molar-refractivity contribution is 6.32. The Morgan fingerprint density at radius 1 is 1.45 bits per heavy atom. The average molecular weight is 297 g/mol. The van der Waals surface area contributed by atoms with Gasteiger partial charge in [-0.3, -0.25) is 10.2 Å². The number of amidine groups is 2. The topological polar surface area (TPSA) is 75.0 Å². The van der Waals surface area contributed by atoms with Crippen LogP contribution in [0.25, 0.3) is 6.08 Å². The van der Waals surface area contributed by atoms with Gasteiger partial charge in [0.15, 0.2) is 11.7 Å². The molecule has 0 fully saturated rings. The average Bonchev–Trinajstić information content (AvgIpc) is 2.85. The highest BCUT2D eigenvalue weighted by Gasteiger charge is 2.34. The molecule has 1 aromatic rings. The minimum atomic E-state index is -0.451. The van der Waals surface area contributed by atoms with Crippen LogP contribution in [0.2, 0.25) is 0 Å². The quantitative estimate of drug-likeness (QED) is 0.870. The second-order valence-corrected chi connectivity index (χ2v) is 4.83. The summed E-state index contributed by atoms with van der Waals surface area (Å²) in [6.45, 7) is 4.21. The zero-order valence-electron chi connectivity index (χ0n) is 12.3. The molecule has 112 valence electrons. The third-order valence-electron chi connectivity index (χ3n) is 3.16. The first kappa shape index (κ1) is 14.1. The number of hydroxylamine groups is 2. The molecule has 1 aromatic carbocycles. The number of hydrogen-bond acceptors (Lipinski definition) is 4. The van der Waals surface area contributed by atoms with E-state index in [2.05, 4.69) is 4.99 Å². The molecule has 0 aromatic heterocycles. The van der Waals surface area contributed by atoms with Crippen molar-refractivity contribution in [1.82, 2.24) is 5.06 Å². The number of nitrogens with one attached hydrogen (secondary N) is 1. The Hall–Kier alpha value is -2.89. The first-order valence-electron chi connectivity index (χ1n) is 6.91. The molecule has 0 aliphatic carbocycles. The molecule has 0 saturated carbocycles. The molecule has 0 bridgehead atoms. The summed E-state index contributed by atoms with van der Waals surface area (Å²) >= 11 is 0. The third kappa shape index (κ3) is 2.50. The summed E-state index contributed by atoms with van der Waals surface area (Å²) in [4.78, 5) is 21.5. The van der Waals surface area contributed by atoms with E-state index in [1.54, 1.807) is 19.1 Å². The largest absolute Gasteiger partial charge is 0.494 e. The number of aliphatic imine (C=N–C) groups is 1. The van der Waals surface area contributed by atoms with Gasteiger partial charge in [-0.15, -0.1) is 5.06 Å². The number of hydrogen-bond donors (Lipinski definition) is 1. The minimum absolute atomic E-state index is 0.0232. The standard InChI is InChI=1S/C16H15N3O3/c1-3-21-12-6-4-5-11(8-12)9-13-15(17)19-14(18-16(13)20)7-10(2)22-19/h4-9,17H,3H2,1-2H3/b13-9-,17-15?. The number of carbonyl (C=O) groups is 1. The zero-order valence-corrected chi connectivity index (χ0v) is 12.3. The van der Waals surface area contributed by atoms with Crippen LogP contribution in [0.5, 0.6) is 5.75 Å². The molecular weight excluding hydrogens is 282 g/mol. The van der Waals surface area contributed by atoms with E-state index >= 15 is 0 Å². The second kappa shape index (κ2) is 5.48. The first-order valence-corrected chi connectivity index (χ1v) is 6.91. The maximum atomic E-state index is 12.1. The maximum absolute atomic E-state index is 12.1. The summed E-state index contributed by atoms with van der Waals surface area (Å²) < 4.78 is 5.43. The van der Waals surface area contributed by atoms with Crippen molar-refractivity contribution in [3.05, 3.63) is 47.2 Å². The van der Waals surface area contributed by atoms with Gasteiger partial charge in [-0.25, -0.2) is 0 Å². The summed E-state index contributed by atoms with van der Waals surface area (Å²) in [5, 5.41) is 9.39. The Kier molecular flexibility index (Phi) is 3.50. The van der Waals surface area contributed by atoms with Gasteiger partial charge in [0.1, 0.15) is 11.5 Å². The number of allylic oxidation sites excluding steroid dienone is 1. The minimum Gasteiger partial charge on any atom is -0.494 e. The van der Waals surface area contributed by atoms with E-state index in [1.807, 2.05) is 31.2 Å². The van der Waals surface area contributed by atoms with Gasteiger partial charge in [-0.2, -0.15) is 4.99 Å².